The minimum atomic E-state index is -1.26. The van der Waals surface area contributed by atoms with Gasteiger partial charge in [0.15, 0.2) is 0 Å². The van der Waals surface area contributed by atoms with Gasteiger partial charge in [0.2, 0.25) is 5.91 Å². The van der Waals surface area contributed by atoms with E-state index in [0.29, 0.717) is 0 Å². The summed E-state index contributed by atoms with van der Waals surface area (Å²) in [5, 5.41) is 11.5. The fraction of sp³-hybridized carbons (Fsp3) is 0.800. The van der Waals surface area contributed by atoms with Gasteiger partial charge in [-0.05, 0) is 20.8 Å². The van der Waals surface area contributed by atoms with E-state index in [2.05, 4.69) is 5.32 Å². The van der Waals surface area contributed by atoms with E-state index in [4.69, 9.17) is 5.11 Å². The van der Waals surface area contributed by atoms with E-state index >= 15 is 0 Å². The smallest absolute Gasteiger partial charge is 0.408 e. The van der Waals surface area contributed by atoms with E-state index < -0.39 is 29.8 Å². The zero-order valence-corrected chi connectivity index (χ0v) is 9.66. The molecule has 1 saturated heterocycles. The maximum absolute atomic E-state index is 13.1. The van der Waals surface area contributed by atoms with Gasteiger partial charge >= 0.3 is 6.09 Å². The number of likely N-dealkylation sites (tertiary alicyclic amines) is 1. The quantitative estimate of drug-likeness (QED) is 0.708. The van der Waals surface area contributed by atoms with Gasteiger partial charge in [0.1, 0.15) is 12.2 Å². The lowest BCUT2D eigenvalue weighted by molar-refractivity contribution is -0.126. The van der Waals surface area contributed by atoms with Gasteiger partial charge < -0.3 is 10.4 Å². The maximum atomic E-state index is 13.1. The molecule has 16 heavy (non-hydrogen) atoms. The first kappa shape index (κ1) is 12.7. The molecule has 0 aromatic rings. The predicted molar refractivity (Wildman–Crippen MR) is 55.9 cm³/mol. The standard InChI is InChI=1S/C10H17FN2O3/c1-10(2,3)12-8(14)7-4-6(11)5-13(7)9(15)16/h6-7H,4-5H2,1-3H3,(H,12,14)(H,15,16)/t6-,7-/m0/s1. The number of carbonyl (C=O) groups is 2. The summed E-state index contributed by atoms with van der Waals surface area (Å²) < 4.78 is 13.1. The number of alkyl halides is 1. The molecule has 0 unspecified atom stereocenters. The molecule has 6 heteroatoms. The van der Waals surface area contributed by atoms with E-state index in [1.807, 2.05) is 0 Å². The highest BCUT2D eigenvalue weighted by Crippen LogP contribution is 2.21. The summed E-state index contributed by atoms with van der Waals surface area (Å²) in [4.78, 5) is 23.4. The Bertz CT molecular complexity index is 301. The molecule has 1 heterocycles. The normalized spacial score (nSPS) is 25.6. The third-order valence-electron chi connectivity index (χ3n) is 2.30. The van der Waals surface area contributed by atoms with Crippen LogP contribution in [-0.2, 0) is 4.79 Å². The molecule has 0 saturated carbocycles. The molecule has 92 valence electrons. The summed E-state index contributed by atoms with van der Waals surface area (Å²) in [6.07, 6.45) is -2.57. The summed E-state index contributed by atoms with van der Waals surface area (Å²) in [5.74, 6) is -0.435. The van der Waals surface area contributed by atoms with E-state index in [1.54, 1.807) is 20.8 Å². The SMILES string of the molecule is CC(C)(C)NC(=O)[C@@H]1C[C@H](F)CN1C(=O)O. The number of amides is 2. The predicted octanol–water partition coefficient (Wildman–Crippen LogP) is 0.992. The summed E-state index contributed by atoms with van der Waals surface area (Å²) >= 11 is 0. The minimum Gasteiger partial charge on any atom is -0.465 e. The van der Waals surface area contributed by atoms with E-state index in [-0.39, 0.29) is 13.0 Å². The lowest BCUT2D eigenvalue weighted by atomic mass is 10.1. The first-order valence-electron chi connectivity index (χ1n) is 5.16. The van der Waals surface area contributed by atoms with Crippen molar-refractivity contribution >= 4 is 12.0 Å². The molecule has 1 fully saturated rings. The molecule has 2 amide bonds. The molecular formula is C10H17FN2O3. The van der Waals surface area contributed by atoms with E-state index in [0.717, 1.165) is 4.90 Å². The van der Waals surface area contributed by atoms with Crippen LogP contribution in [0.15, 0.2) is 0 Å². The van der Waals surface area contributed by atoms with E-state index in [1.165, 1.54) is 0 Å². The number of nitrogens with one attached hydrogen (secondary N) is 1. The van der Waals surface area contributed by atoms with Crippen molar-refractivity contribution in [1.29, 1.82) is 0 Å². The number of carbonyl (C=O) groups excluding carboxylic acids is 1. The maximum Gasteiger partial charge on any atom is 0.408 e. The number of carboxylic acid groups (broad SMARTS) is 1. The Labute approximate surface area is 93.6 Å². The highest BCUT2D eigenvalue weighted by atomic mass is 19.1. The van der Waals surface area contributed by atoms with Crippen molar-refractivity contribution in [2.45, 2.75) is 44.9 Å². The molecule has 0 aromatic heterocycles. The Morgan fingerprint density at radius 3 is 2.44 bits per heavy atom. The topological polar surface area (TPSA) is 69.6 Å². The van der Waals surface area contributed by atoms with Crippen LogP contribution in [0.2, 0.25) is 0 Å². The van der Waals surface area contributed by atoms with Crippen LogP contribution in [0.25, 0.3) is 0 Å². The van der Waals surface area contributed by atoms with Crippen molar-refractivity contribution in [1.82, 2.24) is 10.2 Å². The highest BCUT2D eigenvalue weighted by molar-refractivity contribution is 5.86. The van der Waals surface area contributed by atoms with Crippen molar-refractivity contribution in [2.75, 3.05) is 6.54 Å². The third kappa shape index (κ3) is 3.08. The van der Waals surface area contributed by atoms with Crippen LogP contribution >= 0.6 is 0 Å². The molecule has 0 bridgehead atoms. The van der Waals surface area contributed by atoms with Gasteiger partial charge in [-0.25, -0.2) is 9.18 Å². The Morgan fingerprint density at radius 1 is 1.44 bits per heavy atom. The van der Waals surface area contributed by atoms with Crippen molar-refractivity contribution in [3.8, 4) is 0 Å². The Morgan fingerprint density at radius 2 is 2.00 bits per heavy atom. The zero-order valence-electron chi connectivity index (χ0n) is 9.66. The van der Waals surface area contributed by atoms with Crippen LogP contribution in [0.1, 0.15) is 27.2 Å². The molecule has 1 aliphatic heterocycles. The molecule has 0 spiro atoms. The van der Waals surface area contributed by atoms with Gasteiger partial charge in [-0.2, -0.15) is 0 Å². The summed E-state index contributed by atoms with van der Waals surface area (Å²) in [6.45, 7) is 5.14. The van der Waals surface area contributed by atoms with Gasteiger partial charge in [0, 0.05) is 12.0 Å². The molecule has 2 atom stereocenters. The fourth-order valence-electron chi connectivity index (χ4n) is 1.70. The minimum absolute atomic E-state index is 0.0613. The average Bonchev–Trinajstić information content (AvgIpc) is 2.44. The summed E-state index contributed by atoms with van der Waals surface area (Å²) in [6, 6.07) is -0.910. The number of hydrogen-bond acceptors (Lipinski definition) is 2. The van der Waals surface area contributed by atoms with Gasteiger partial charge in [-0.3, -0.25) is 9.69 Å². The third-order valence-corrected chi connectivity index (χ3v) is 2.30. The Balaban J connectivity index is 2.71. The van der Waals surface area contributed by atoms with Crippen LogP contribution in [0, 0.1) is 0 Å². The van der Waals surface area contributed by atoms with Crippen LogP contribution < -0.4 is 5.32 Å². The van der Waals surface area contributed by atoms with Gasteiger partial charge in [-0.1, -0.05) is 0 Å². The molecule has 1 rings (SSSR count). The lowest BCUT2D eigenvalue weighted by Gasteiger charge is -2.26. The number of nitrogens with zero attached hydrogens (tertiary/aromatic N) is 1. The van der Waals surface area contributed by atoms with Gasteiger partial charge in [0.05, 0.1) is 6.54 Å². The molecular weight excluding hydrogens is 215 g/mol. The van der Waals surface area contributed by atoms with Gasteiger partial charge in [-0.15, -0.1) is 0 Å². The number of rotatable bonds is 1. The zero-order chi connectivity index (χ0) is 12.5. The summed E-state index contributed by atoms with van der Waals surface area (Å²) in [7, 11) is 0. The molecule has 0 aromatic carbocycles. The first-order valence-corrected chi connectivity index (χ1v) is 5.16. The highest BCUT2D eigenvalue weighted by Gasteiger charge is 2.40. The van der Waals surface area contributed by atoms with Crippen LogP contribution in [0.4, 0.5) is 9.18 Å². The largest absolute Gasteiger partial charge is 0.465 e. The number of halogens is 1. The van der Waals surface area contributed by atoms with Crippen molar-refractivity contribution in [3.63, 3.8) is 0 Å². The lowest BCUT2D eigenvalue weighted by Crippen LogP contribution is -2.51. The first-order chi connectivity index (χ1) is 7.20. The molecule has 0 aliphatic carbocycles. The van der Waals surface area contributed by atoms with Crippen molar-refractivity contribution in [2.24, 2.45) is 0 Å². The van der Waals surface area contributed by atoms with Crippen molar-refractivity contribution < 1.29 is 19.1 Å². The average molecular weight is 232 g/mol. The van der Waals surface area contributed by atoms with Crippen LogP contribution in [0.5, 0.6) is 0 Å². The molecule has 1 aliphatic rings. The van der Waals surface area contributed by atoms with E-state index in [9.17, 15) is 14.0 Å². The van der Waals surface area contributed by atoms with Crippen molar-refractivity contribution in [3.05, 3.63) is 0 Å². The Kier molecular flexibility index (Phi) is 3.40. The monoisotopic (exact) mass is 232 g/mol. The molecule has 0 radical (unpaired) electrons. The fourth-order valence-corrected chi connectivity index (χ4v) is 1.70. The second-order valence-electron chi connectivity index (χ2n) is 5.02. The number of hydrogen-bond donors (Lipinski definition) is 2. The second kappa shape index (κ2) is 4.27. The molecule has 2 N–H and O–H groups in total. The second-order valence-corrected chi connectivity index (χ2v) is 5.02. The molecule has 5 nitrogen and oxygen atoms in total. The van der Waals surface area contributed by atoms with Gasteiger partial charge in [0.25, 0.3) is 0 Å². The van der Waals surface area contributed by atoms with Crippen LogP contribution in [-0.4, -0.2) is 46.3 Å². The Hall–Kier alpha value is -1.33. The van der Waals surface area contributed by atoms with Crippen LogP contribution in [0.3, 0.4) is 0 Å². The summed E-state index contributed by atoms with van der Waals surface area (Å²) in [5.41, 5.74) is -0.449.